The van der Waals surface area contributed by atoms with Crippen LogP contribution in [0.4, 0.5) is 0 Å². The number of hydrogen-bond donors (Lipinski definition) is 0. The summed E-state index contributed by atoms with van der Waals surface area (Å²) in [6.45, 7) is 0. The van der Waals surface area contributed by atoms with Crippen LogP contribution in [0.2, 0.25) is 0 Å². The van der Waals surface area contributed by atoms with Gasteiger partial charge in [-0.25, -0.2) is 0 Å². The molecule has 0 aliphatic heterocycles. The highest BCUT2D eigenvalue weighted by Crippen LogP contribution is 2.40. The van der Waals surface area contributed by atoms with Crippen LogP contribution in [0.15, 0.2) is 206 Å². The third kappa shape index (κ3) is 4.79. The van der Waals surface area contributed by atoms with Gasteiger partial charge in [0.15, 0.2) is 0 Å². The molecule has 0 spiro atoms. The maximum absolute atomic E-state index is 2.36. The molecule has 12 aromatic carbocycles. The van der Waals surface area contributed by atoms with Crippen molar-refractivity contribution in [2.45, 2.75) is 0 Å². The second kappa shape index (κ2) is 12.1. The third-order valence-corrected chi connectivity index (χ3v) is 12.2. The Morgan fingerprint density at radius 2 is 0.429 bits per heavy atom. The molecule has 0 N–H and O–H groups in total. The van der Waals surface area contributed by atoms with Gasteiger partial charge in [-0.05, 0) is 156 Å². The van der Waals surface area contributed by atoms with Crippen LogP contribution in [0.5, 0.6) is 0 Å². The lowest BCUT2D eigenvalue weighted by molar-refractivity contribution is 1.68. The zero-order valence-electron chi connectivity index (χ0n) is 30.6. The minimum atomic E-state index is 1.23. The lowest BCUT2D eigenvalue weighted by atomic mass is 9.90. The predicted molar refractivity (Wildman–Crippen MR) is 243 cm³/mol. The van der Waals surface area contributed by atoms with Crippen molar-refractivity contribution in [2.24, 2.45) is 0 Å². The van der Waals surface area contributed by atoms with Crippen LogP contribution < -0.4 is 0 Å². The summed E-state index contributed by atoms with van der Waals surface area (Å²) in [4.78, 5) is 0. The number of benzene rings is 12. The first-order valence-electron chi connectivity index (χ1n) is 19.5. The van der Waals surface area contributed by atoms with E-state index >= 15 is 0 Å². The van der Waals surface area contributed by atoms with Crippen LogP contribution in [-0.4, -0.2) is 0 Å². The van der Waals surface area contributed by atoms with Crippen molar-refractivity contribution in [1.82, 2.24) is 0 Å². The van der Waals surface area contributed by atoms with Crippen LogP contribution >= 0.6 is 0 Å². The summed E-state index contributed by atoms with van der Waals surface area (Å²) >= 11 is 0. The molecule has 0 aromatic heterocycles. The molecule has 0 nitrogen and oxygen atoms in total. The van der Waals surface area contributed by atoms with Gasteiger partial charge in [-0.15, -0.1) is 0 Å². The Morgan fingerprint density at radius 1 is 0.161 bits per heavy atom. The van der Waals surface area contributed by atoms with Gasteiger partial charge < -0.3 is 0 Å². The number of rotatable bonds is 3. The highest BCUT2D eigenvalue weighted by molar-refractivity contribution is 6.17. The minimum absolute atomic E-state index is 1.23. The van der Waals surface area contributed by atoms with Crippen molar-refractivity contribution >= 4 is 86.2 Å². The lowest BCUT2D eigenvalue weighted by Gasteiger charge is -2.13. The first-order valence-corrected chi connectivity index (χ1v) is 19.5. The second-order valence-electron chi connectivity index (χ2n) is 15.3. The van der Waals surface area contributed by atoms with E-state index in [1.807, 2.05) is 0 Å². The van der Waals surface area contributed by atoms with Crippen molar-refractivity contribution in [3.63, 3.8) is 0 Å². The van der Waals surface area contributed by atoms with E-state index in [2.05, 4.69) is 206 Å². The predicted octanol–water partition coefficient (Wildman–Crippen LogP) is 15.9. The Kier molecular flexibility index (Phi) is 6.73. The summed E-state index contributed by atoms with van der Waals surface area (Å²) in [5.74, 6) is 0. The third-order valence-electron chi connectivity index (χ3n) is 12.2. The van der Waals surface area contributed by atoms with E-state index in [-0.39, 0.29) is 0 Å². The van der Waals surface area contributed by atoms with Crippen molar-refractivity contribution in [3.8, 4) is 33.4 Å². The molecule has 56 heavy (non-hydrogen) atoms. The van der Waals surface area contributed by atoms with Gasteiger partial charge in [0.2, 0.25) is 0 Å². The summed E-state index contributed by atoms with van der Waals surface area (Å²) in [7, 11) is 0. The molecule has 0 amide bonds. The van der Waals surface area contributed by atoms with Crippen molar-refractivity contribution in [1.29, 1.82) is 0 Å². The van der Waals surface area contributed by atoms with Gasteiger partial charge in [0.25, 0.3) is 0 Å². The standard InChI is InChI=1S/C56H34/c1-3-11-45-37(9-1)33-55(53-15-7-5-13-51(45)53)43-23-27-49-41(31-43)19-17-39-29-35(21-25-47(39)49)36-22-26-48-40(30-36)18-20-42-32-44(24-28-50(42)48)56-34-38-10-2-4-12-46(38)52-14-6-8-16-54(52)56/h1-34H. The Labute approximate surface area is 324 Å². The Bertz CT molecular complexity index is 3350. The van der Waals surface area contributed by atoms with Gasteiger partial charge in [-0.1, -0.05) is 170 Å². The minimum Gasteiger partial charge on any atom is -0.0616 e. The summed E-state index contributed by atoms with van der Waals surface area (Å²) in [6, 6.07) is 76.7. The Hall–Kier alpha value is -7.28. The van der Waals surface area contributed by atoms with E-state index in [1.165, 1.54) is 120 Å². The van der Waals surface area contributed by atoms with Gasteiger partial charge in [-0.2, -0.15) is 0 Å². The first kappa shape index (κ1) is 31.1. The van der Waals surface area contributed by atoms with Gasteiger partial charge in [-0.3, -0.25) is 0 Å². The van der Waals surface area contributed by atoms with E-state index in [1.54, 1.807) is 0 Å². The molecule has 0 fully saturated rings. The molecule has 0 heterocycles. The van der Waals surface area contributed by atoms with E-state index in [4.69, 9.17) is 0 Å². The molecule has 0 saturated heterocycles. The van der Waals surface area contributed by atoms with Gasteiger partial charge >= 0.3 is 0 Å². The quantitative estimate of drug-likeness (QED) is 0.160. The van der Waals surface area contributed by atoms with Crippen molar-refractivity contribution < 1.29 is 0 Å². The van der Waals surface area contributed by atoms with Crippen LogP contribution in [-0.2, 0) is 0 Å². The molecule has 12 rings (SSSR count). The van der Waals surface area contributed by atoms with Gasteiger partial charge in [0.1, 0.15) is 0 Å². The summed E-state index contributed by atoms with van der Waals surface area (Å²) in [5.41, 5.74) is 7.52. The molecular formula is C56H34. The molecule has 0 aliphatic carbocycles. The zero-order valence-corrected chi connectivity index (χ0v) is 30.6. The first-order chi connectivity index (χ1) is 27.7. The van der Waals surface area contributed by atoms with Crippen LogP contribution in [0.1, 0.15) is 0 Å². The fraction of sp³-hybridized carbons (Fsp3) is 0. The summed E-state index contributed by atoms with van der Waals surface area (Å²) in [6.07, 6.45) is 0. The maximum Gasteiger partial charge on any atom is -0.00988 e. The van der Waals surface area contributed by atoms with Crippen LogP contribution in [0.25, 0.3) is 120 Å². The van der Waals surface area contributed by atoms with Gasteiger partial charge in [0.05, 0.1) is 0 Å². The SMILES string of the molecule is c1ccc2c(c1)cc(-c1ccc3c(ccc4cc(-c5ccc6c(ccc7cc(-c8cc9ccccc9c9ccccc89)ccc76)c5)ccc43)c1)c1ccccc12. The Morgan fingerprint density at radius 3 is 0.821 bits per heavy atom. The van der Waals surface area contributed by atoms with Crippen molar-refractivity contribution in [2.75, 3.05) is 0 Å². The largest absolute Gasteiger partial charge is 0.0616 e. The molecule has 0 saturated carbocycles. The fourth-order valence-corrected chi connectivity index (χ4v) is 9.42. The number of fused-ring (bicyclic) bond motifs is 12. The smallest absolute Gasteiger partial charge is 0.00988 e. The molecule has 0 heteroatoms. The summed E-state index contributed by atoms with van der Waals surface area (Å²) in [5, 5.41) is 20.5. The van der Waals surface area contributed by atoms with Gasteiger partial charge in [0, 0.05) is 0 Å². The molecule has 258 valence electrons. The Balaban J connectivity index is 0.906. The highest BCUT2D eigenvalue weighted by atomic mass is 14.2. The van der Waals surface area contributed by atoms with Crippen LogP contribution in [0.3, 0.4) is 0 Å². The molecule has 12 aromatic rings. The fourth-order valence-electron chi connectivity index (χ4n) is 9.42. The monoisotopic (exact) mass is 706 g/mol. The molecular weight excluding hydrogens is 673 g/mol. The normalized spacial score (nSPS) is 11.9. The van der Waals surface area contributed by atoms with Crippen molar-refractivity contribution in [3.05, 3.63) is 206 Å². The van der Waals surface area contributed by atoms with Crippen LogP contribution in [0, 0.1) is 0 Å². The van der Waals surface area contributed by atoms with E-state index in [0.717, 1.165) is 0 Å². The average Bonchev–Trinajstić information content (AvgIpc) is 3.27. The average molecular weight is 707 g/mol. The van der Waals surface area contributed by atoms with E-state index < -0.39 is 0 Å². The molecule has 0 unspecified atom stereocenters. The number of hydrogen-bond acceptors (Lipinski definition) is 0. The molecule has 0 atom stereocenters. The second-order valence-corrected chi connectivity index (χ2v) is 15.3. The lowest BCUT2D eigenvalue weighted by Crippen LogP contribution is -1.87. The molecule has 0 aliphatic rings. The zero-order chi connectivity index (χ0) is 36.7. The summed E-state index contributed by atoms with van der Waals surface area (Å²) < 4.78 is 0. The maximum atomic E-state index is 2.36. The highest BCUT2D eigenvalue weighted by Gasteiger charge is 2.13. The molecule has 0 radical (unpaired) electrons. The van der Waals surface area contributed by atoms with E-state index in [0.29, 0.717) is 0 Å². The van der Waals surface area contributed by atoms with E-state index in [9.17, 15) is 0 Å². The topological polar surface area (TPSA) is 0 Å². The molecule has 0 bridgehead atoms.